The van der Waals surface area contributed by atoms with Crippen molar-refractivity contribution in [3.05, 3.63) is 120 Å². The van der Waals surface area contributed by atoms with Crippen LogP contribution in [0.2, 0.25) is 0 Å². The molecule has 2 amide bonds. The average molecular weight is 440 g/mol. The number of rotatable bonds is 8. The van der Waals surface area contributed by atoms with Gasteiger partial charge in [0, 0.05) is 12.2 Å². The van der Waals surface area contributed by atoms with Crippen LogP contribution in [0.3, 0.4) is 0 Å². The normalized spacial score (nSPS) is 11.4. The van der Waals surface area contributed by atoms with Gasteiger partial charge in [-0.1, -0.05) is 60.7 Å². The summed E-state index contributed by atoms with van der Waals surface area (Å²) in [6, 6.07) is 28.1. The van der Waals surface area contributed by atoms with Crippen LogP contribution >= 0.6 is 0 Å². The van der Waals surface area contributed by atoms with E-state index in [4.69, 9.17) is 9.15 Å². The fourth-order valence-electron chi connectivity index (χ4n) is 3.60. The number of ether oxygens (including phenoxy) is 1. The molecule has 0 fully saturated rings. The van der Waals surface area contributed by atoms with Crippen LogP contribution in [-0.2, 0) is 11.3 Å². The molecule has 0 bridgehead atoms. The molecule has 0 aliphatic carbocycles. The van der Waals surface area contributed by atoms with Crippen molar-refractivity contribution in [2.45, 2.75) is 12.6 Å². The number of para-hydroxylation sites is 1. The zero-order chi connectivity index (χ0) is 23.0. The third-order valence-corrected chi connectivity index (χ3v) is 5.21. The van der Waals surface area contributed by atoms with E-state index in [0.29, 0.717) is 23.5 Å². The molecule has 0 radical (unpaired) electrons. The van der Waals surface area contributed by atoms with Crippen molar-refractivity contribution < 1.29 is 18.7 Å². The number of benzene rings is 3. The third-order valence-electron chi connectivity index (χ3n) is 5.21. The van der Waals surface area contributed by atoms with E-state index in [1.807, 2.05) is 48.5 Å². The highest BCUT2D eigenvalue weighted by Gasteiger charge is 2.34. The Bertz CT molecular complexity index is 1190. The van der Waals surface area contributed by atoms with E-state index < -0.39 is 11.9 Å². The van der Waals surface area contributed by atoms with Gasteiger partial charge < -0.3 is 14.5 Å². The fourth-order valence-corrected chi connectivity index (χ4v) is 3.60. The molecular weight excluding hydrogens is 416 g/mol. The number of anilines is 1. The first-order valence-corrected chi connectivity index (χ1v) is 10.5. The summed E-state index contributed by atoms with van der Waals surface area (Å²) in [5.74, 6) is -0.0147. The van der Waals surface area contributed by atoms with Crippen molar-refractivity contribution in [2.75, 3.05) is 12.0 Å². The first kappa shape index (κ1) is 21.9. The maximum Gasteiger partial charge on any atom is 0.294 e. The Labute approximate surface area is 192 Å². The van der Waals surface area contributed by atoms with Gasteiger partial charge in [-0.25, -0.2) is 0 Å². The van der Waals surface area contributed by atoms with Gasteiger partial charge in [-0.05, 0) is 47.5 Å². The summed E-state index contributed by atoms with van der Waals surface area (Å²) in [4.78, 5) is 28.7. The largest absolute Gasteiger partial charge is 0.497 e. The molecular formula is C27H24N2O4. The predicted molar refractivity (Wildman–Crippen MR) is 126 cm³/mol. The highest BCUT2D eigenvalue weighted by atomic mass is 16.5. The average Bonchev–Trinajstić information content (AvgIpc) is 3.42. The SMILES string of the molecule is COc1cccc(C(C(=O)NCc2ccccc2)N(C(=O)c2ccco2)c2ccccc2)c1. The van der Waals surface area contributed by atoms with Crippen LogP contribution in [-0.4, -0.2) is 18.9 Å². The lowest BCUT2D eigenvalue weighted by atomic mass is 10.0. The van der Waals surface area contributed by atoms with Gasteiger partial charge >= 0.3 is 0 Å². The monoisotopic (exact) mass is 440 g/mol. The summed E-state index contributed by atoms with van der Waals surface area (Å²) in [5, 5.41) is 2.98. The fraction of sp³-hybridized carbons (Fsp3) is 0.111. The number of methoxy groups -OCH3 is 1. The number of amides is 2. The molecule has 0 saturated carbocycles. The molecule has 0 spiro atoms. The van der Waals surface area contributed by atoms with Gasteiger partial charge in [0.05, 0.1) is 13.4 Å². The number of hydrogen-bond acceptors (Lipinski definition) is 4. The van der Waals surface area contributed by atoms with Gasteiger partial charge in [-0.3, -0.25) is 14.5 Å². The summed E-state index contributed by atoms with van der Waals surface area (Å²) in [5.41, 5.74) is 2.14. The molecule has 166 valence electrons. The zero-order valence-electron chi connectivity index (χ0n) is 18.2. The molecule has 4 aromatic rings. The van der Waals surface area contributed by atoms with E-state index in [2.05, 4.69) is 5.32 Å². The first-order chi connectivity index (χ1) is 16.2. The molecule has 33 heavy (non-hydrogen) atoms. The van der Waals surface area contributed by atoms with E-state index >= 15 is 0 Å². The van der Waals surface area contributed by atoms with E-state index in [0.717, 1.165) is 5.56 Å². The Morgan fingerprint density at radius 2 is 1.64 bits per heavy atom. The molecule has 4 rings (SSSR count). The van der Waals surface area contributed by atoms with Gasteiger partial charge in [0.15, 0.2) is 5.76 Å². The Hall–Kier alpha value is -4.32. The van der Waals surface area contributed by atoms with Crippen molar-refractivity contribution in [2.24, 2.45) is 0 Å². The van der Waals surface area contributed by atoms with Crippen LogP contribution in [0, 0.1) is 0 Å². The second-order valence-electron chi connectivity index (χ2n) is 7.37. The minimum absolute atomic E-state index is 0.141. The minimum Gasteiger partial charge on any atom is -0.497 e. The van der Waals surface area contributed by atoms with Crippen LogP contribution in [0.25, 0.3) is 0 Å². The molecule has 6 nitrogen and oxygen atoms in total. The lowest BCUT2D eigenvalue weighted by Crippen LogP contribution is -2.43. The lowest BCUT2D eigenvalue weighted by molar-refractivity contribution is -0.122. The Balaban J connectivity index is 1.77. The van der Waals surface area contributed by atoms with Crippen LogP contribution in [0.15, 0.2) is 108 Å². The molecule has 0 aliphatic heterocycles. The van der Waals surface area contributed by atoms with Crippen molar-refractivity contribution in [1.82, 2.24) is 5.32 Å². The summed E-state index contributed by atoms with van der Waals surface area (Å²) < 4.78 is 10.8. The topological polar surface area (TPSA) is 71.8 Å². The second-order valence-corrected chi connectivity index (χ2v) is 7.37. The number of carbonyl (C=O) groups excluding carboxylic acids is 2. The quantitative estimate of drug-likeness (QED) is 0.419. The Kier molecular flexibility index (Phi) is 6.85. The van der Waals surface area contributed by atoms with Crippen molar-refractivity contribution in [1.29, 1.82) is 0 Å². The molecule has 0 aliphatic rings. The maximum atomic E-state index is 13.6. The van der Waals surface area contributed by atoms with Crippen LogP contribution in [0.5, 0.6) is 5.75 Å². The van der Waals surface area contributed by atoms with Crippen LogP contribution in [0.1, 0.15) is 27.7 Å². The summed E-state index contributed by atoms with van der Waals surface area (Å²) in [6.45, 7) is 0.331. The van der Waals surface area contributed by atoms with Gasteiger partial charge in [0.1, 0.15) is 11.8 Å². The first-order valence-electron chi connectivity index (χ1n) is 10.5. The van der Waals surface area contributed by atoms with Gasteiger partial charge in [-0.15, -0.1) is 0 Å². The molecule has 1 heterocycles. The lowest BCUT2D eigenvalue weighted by Gasteiger charge is -2.31. The predicted octanol–water partition coefficient (Wildman–Crippen LogP) is 4.99. The minimum atomic E-state index is -0.955. The summed E-state index contributed by atoms with van der Waals surface area (Å²) >= 11 is 0. The molecule has 1 aromatic heterocycles. The Morgan fingerprint density at radius 1 is 0.909 bits per heavy atom. The number of carbonyl (C=O) groups is 2. The number of nitrogens with one attached hydrogen (secondary N) is 1. The van der Waals surface area contributed by atoms with Gasteiger partial charge in [-0.2, -0.15) is 0 Å². The molecule has 6 heteroatoms. The van der Waals surface area contributed by atoms with Crippen molar-refractivity contribution in [3.63, 3.8) is 0 Å². The van der Waals surface area contributed by atoms with E-state index in [9.17, 15) is 9.59 Å². The smallest absolute Gasteiger partial charge is 0.294 e. The summed E-state index contributed by atoms with van der Waals surface area (Å²) in [6.07, 6.45) is 1.44. The van der Waals surface area contributed by atoms with Crippen molar-refractivity contribution >= 4 is 17.5 Å². The van der Waals surface area contributed by atoms with E-state index in [1.165, 1.54) is 11.2 Å². The van der Waals surface area contributed by atoms with Gasteiger partial charge in [0.2, 0.25) is 5.91 Å². The van der Waals surface area contributed by atoms with Gasteiger partial charge in [0.25, 0.3) is 5.91 Å². The molecule has 3 aromatic carbocycles. The molecule has 1 atom stereocenters. The Morgan fingerprint density at radius 3 is 2.30 bits per heavy atom. The highest BCUT2D eigenvalue weighted by Crippen LogP contribution is 2.31. The molecule has 1 N–H and O–H groups in total. The highest BCUT2D eigenvalue weighted by molar-refractivity contribution is 6.08. The molecule has 1 unspecified atom stereocenters. The second kappa shape index (κ2) is 10.3. The maximum absolute atomic E-state index is 13.6. The standard InChI is InChI=1S/C27H24N2O4/c1-32-23-15-8-12-21(18-23)25(26(30)28-19-20-10-4-2-5-11-20)29(22-13-6-3-7-14-22)27(31)24-16-9-17-33-24/h2-18,25H,19H2,1H3,(H,28,30). The van der Waals surface area contributed by atoms with E-state index in [1.54, 1.807) is 55.6 Å². The zero-order valence-corrected chi connectivity index (χ0v) is 18.2. The van der Waals surface area contributed by atoms with E-state index in [-0.39, 0.29) is 11.7 Å². The van der Waals surface area contributed by atoms with Crippen LogP contribution in [0.4, 0.5) is 5.69 Å². The molecule has 0 saturated heterocycles. The summed E-state index contributed by atoms with van der Waals surface area (Å²) in [7, 11) is 1.56. The van der Waals surface area contributed by atoms with Crippen LogP contribution < -0.4 is 15.0 Å². The number of hydrogen-bond donors (Lipinski definition) is 1. The third kappa shape index (κ3) is 5.13. The number of nitrogens with zero attached hydrogens (tertiary/aromatic N) is 1. The van der Waals surface area contributed by atoms with Crippen molar-refractivity contribution in [3.8, 4) is 5.75 Å². The number of furan rings is 1.